The summed E-state index contributed by atoms with van der Waals surface area (Å²) in [5, 5.41) is 10.9. The molecule has 0 aliphatic carbocycles. The Kier molecular flexibility index (Phi) is 3.07. The van der Waals surface area contributed by atoms with Crippen LogP contribution >= 0.6 is 11.3 Å². The second kappa shape index (κ2) is 5.03. The van der Waals surface area contributed by atoms with Gasteiger partial charge in [-0.3, -0.25) is 0 Å². The monoisotopic (exact) mass is 269 g/mol. The Morgan fingerprint density at radius 2 is 1.42 bits per heavy atom. The third kappa shape index (κ3) is 2.53. The van der Waals surface area contributed by atoms with Crippen molar-refractivity contribution < 1.29 is 0 Å². The number of hydrogen-bond acceptors (Lipinski definition) is 5. The number of thiazole rings is 1. The van der Waals surface area contributed by atoms with Gasteiger partial charge in [-0.15, -0.1) is 0 Å². The molecule has 0 aliphatic heterocycles. The van der Waals surface area contributed by atoms with Crippen LogP contribution < -0.4 is 5.73 Å². The minimum atomic E-state index is 0.640. The number of nitrogens with zero attached hydrogens (tertiary/aromatic N) is 3. The highest BCUT2D eigenvalue weighted by atomic mass is 32.1. The van der Waals surface area contributed by atoms with E-state index in [2.05, 4.69) is 20.4 Å². The van der Waals surface area contributed by atoms with E-state index in [0.717, 1.165) is 21.3 Å². The lowest BCUT2D eigenvalue weighted by atomic mass is 10.3. The summed E-state index contributed by atoms with van der Waals surface area (Å²) >= 11 is 1.52. The van der Waals surface area contributed by atoms with Gasteiger partial charge in [0.15, 0.2) is 5.13 Å². The molecule has 0 bridgehead atoms. The van der Waals surface area contributed by atoms with Crippen molar-refractivity contribution in [2.45, 2.75) is 0 Å². The van der Waals surface area contributed by atoms with Gasteiger partial charge in [-0.05, 0) is 24.3 Å². The van der Waals surface area contributed by atoms with Gasteiger partial charge < -0.3 is 5.73 Å². The van der Waals surface area contributed by atoms with Crippen LogP contribution in [0.5, 0.6) is 0 Å². The average molecular weight is 269 g/mol. The zero-order valence-corrected chi connectivity index (χ0v) is 10.8. The van der Waals surface area contributed by atoms with Crippen LogP contribution in [0.1, 0.15) is 0 Å². The topological polar surface area (TPSA) is 80.5 Å². The summed E-state index contributed by atoms with van der Waals surface area (Å²) in [5.41, 5.74) is 8.32. The largest absolute Gasteiger partial charge is 0.375 e. The Hall–Kier alpha value is -2.47. The molecule has 4 rings (SSSR count). The number of benzene rings is 2. The molecule has 5 nitrogen and oxygen atoms in total. The minimum Gasteiger partial charge on any atom is -0.375 e. The van der Waals surface area contributed by atoms with E-state index in [4.69, 9.17) is 5.73 Å². The molecule has 0 atom stereocenters. The van der Waals surface area contributed by atoms with Crippen LogP contribution in [0.4, 0.5) is 5.13 Å². The fourth-order valence-corrected chi connectivity index (χ4v) is 2.41. The van der Waals surface area contributed by atoms with Crippen molar-refractivity contribution in [1.29, 1.82) is 0 Å². The van der Waals surface area contributed by atoms with Gasteiger partial charge >= 0.3 is 0 Å². The first-order valence-electron chi connectivity index (χ1n) is 5.69. The highest BCUT2D eigenvalue weighted by Gasteiger charge is 1.96. The van der Waals surface area contributed by atoms with E-state index >= 15 is 0 Å². The van der Waals surface area contributed by atoms with Gasteiger partial charge in [0.2, 0.25) is 0 Å². The van der Waals surface area contributed by atoms with E-state index in [-0.39, 0.29) is 0 Å². The fraction of sp³-hybridized carbons (Fsp3) is 0. The van der Waals surface area contributed by atoms with E-state index in [1.54, 1.807) is 0 Å². The van der Waals surface area contributed by atoms with Gasteiger partial charge in [0.25, 0.3) is 0 Å². The molecule has 6 heteroatoms. The fourth-order valence-electron chi connectivity index (χ4n) is 1.68. The Labute approximate surface area is 113 Å². The van der Waals surface area contributed by atoms with Crippen LogP contribution in [0.25, 0.3) is 21.3 Å². The molecule has 0 saturated carbocycles. The molecule has 0 radical (unpaired) electrons. The van der Waals surface area contributed by atoms with E-state index in [1.165, 1.54) is 11.3 Å². The maximum atomic E-state index is 5.50. The van der Waals surface area contributed by atoms with Crippen LogP contribution in [0.15, 0.2) is 48.5 Å². The molecule has 2 aromatic carbocycles. The van der Waals surface area contributed by atoms with E-state index in [9.17, 15) is 0 Å². The van der Waals surface area contributed by atoms with Crippen LogP contribution in [0.3, 0.4) is 0 Å². The number of rotatable bonds is 0. The van der Waals surface area contributed by atoms with Gasteiger partial charge in [-0.2, -0.15) is 15.4 Å². The average Bonchev–Trinajstić information content (AvgIpc) is 3.03. The second-order valence-corrected chi connectivity index (χ2v) is 4.89. The standard InChI is InChI=1S/C7H6N2S.C6H5N3/c8-7-9-5-3-1-2-4-6(5)10-7;1-2-4-6-5(3-1)7-9-8-6/h1-4H,(H2,8,9);1-4H,(H,7,8,9). The molecule has 0 amide bonds. The van der Waals surface area contributed by atoms with Gasteiger partial charge in [-0.25, -0.2) is 4.98 Å². The lowest BCUT2D eigenvalue weighted by Crippen LogP contribution is -1.78. The van der Waals surface area contributed by atoms with Crippen LogP contribution in [-0.2, 0) is 0 Å². The maximum absolute atomic E-state index is 5.50. The number of nitrogens with two attached hydrogens (primary N) is 1. The van der Waals surface area contributed by atoms with Crippen molar-refractivity contribution in [2.24, 2.45) is 0 Å². The van der Waals surface area contributed by atoms with Crippen LogP contribution in [-0.4, -0.2) is 20.4 Å². The Bertz CT molecular complexity index is 741. The molecule has 94 valence electrons. The molecule has 0 saturated heterocycles. The summed E-state index contributed by atoms with van der Waals surface area (Å²) in [5.74, 6) is 0. The second-order valence-electron chi connectivity index (χ2n) is 3.83. The number of aromatic amines is 1. The smallest absolute Gasteiger partial charge is 0.181 e. The van der Waals surface area contributed by atoms with Crippen molar-refractivity contribution in [3.05, 3.63) is 48.5 Å². The lowest BCUT2D eigenvalue weighted by molar-refractivity contribution is 0.959. The Morgan fingerprint density at radius 1 is 0.842 bits per heavy atom. The summed E-state index contributed by atoms with van der Waals surface area (Å²) < 4.78 is 1.15. The third-order valence-corrected chi connectivity index (χ3v) is 3.40. The van der Waals surface area contributed by atoms with E-state index < -0.39 is 0 Å². The highest BCUT2D eigenvalue weighted by Crippen LogP contribution is 2.22. The molecule has 0 aliphatic rings. The summed E-state index contributed by atoms with van der Waals surface area (Å²) in [7, 11) is 0. The third-order valence-electron chi connectivity index (χ3n) is 2.53. The SMILES string of the molecule is Nc1nc2ccccc2s1.c1ccc2n[nH]nc2c1. The van der Waals surface area contributed by atoms with Gasteiger partial charge in [0, 0.05) is 0 Å². The summed E-state index contributed by atoms with van der Waals surface area (Å²) in [6.07, 6.45) is 0. The first-order valence-corrected chi connectivity index (χ1v) is 6.51. The Balaban J connectivity index is 0.000000117. The highest BCUT2D eigenvalue weighted by molar-refractivity contribution is 7.22. The number of fused-ring (bicyclic) bond motifs is 2. The summed E-state index contributed by atoms with van der Waals surface area (Å²) in [4.78, 5) is 4.11. The minimum absolute atomic E-state index is 0.640. The predicted octanol–water partition coefficient (Wildman–Crippen LogP) is 2.84. The van der Waals surface area contributed by atoms with Crippen molar-refractivity contribution in [3.8, 4) is 0 Å². The molecule has 4 aromatic rings. The number of para-hydroxylation sites is 3. The zero-order valence-electron chi connectivity index (χ0n) is 9.95. The maximum Gasteiger partial charge on any atom is 0.181 e. The number of H-pyrrole nitrogens is 1. The van der Waals surface area contributed by atoms with Crippen molar-refractivity contribution in [2.75, 3.05) is 5.73 Å². The molecular weight excluding hydrogens is 258 g/mol. The first kappa shape index (κ1) is 11.6. The molecule has 2 aromatic heterocycles. The molecule has 19 heavy (non-hydrogen) atoms. The summed E-state index contributed by atoms with van der Waals surface area (Å²) in [6, 6.07) is 15.6. The molecule has 0 fully saturated rings. The van der Waals surface area contributed by atoms with Crippen molar-refractivity contribution in [1.82, 2.24) is 20.4 Å². The quantitative estimate of drug-likeness (QED) is 0.514. The van der Waals surface area contributed by atoms with Gasteiger partial charge in [0.05, 0.1) is 10.2 Å². The van der Waals surface area contributed by atoms with Crippen LogP contribution in [0.2, 0.25) is 0 Å². The van der Waals surface area contributed by atoms with E-state index in [1.807, 2.05) is 48.5 Å². The number of nitrogen functional groups attached to an aromatic ring is 1. The molecule has 0 unspecified atom stereocenters. The zero-order chi connectivity index (χ0) is 13.1. The predicted molar refractivity (Wildman–Crippen MR) is 77.9 cm³/mol. The molecule has 2 heterocycles. The van der Waals surface area contributed by atoms with E-state index in [0.29, 0.717) is 5.13 Å². The molecule has 0 spiro atoms. The number of anilines is 1. The first-order chi connectivity index (χ1) is 9.33. The number of nitrogens with one attached hydrogen (secondary N) is 1. The normalized spacial score (nSPS) is 10.3. The van der Waals surface area contributed by atoms with Crippen molar-refractivity contribution in [3.63, 3.8) is 0 Å². The Morgan fingerprint density at radius 3 is 2.05 bits per heavy atom. The van der Waals surface area contributed by atoms with Crippen LogP contribution in [0, 0.1) is 0 Å². The number of aromatic nitrogens is 4. The number of hydrogen-bond donors (Lipinski definition) is 2. The molecule has 3 N–H and O–H groups in total. The van der Waals surface area contributed by atoms with Gasteiger partial charge in [-0.1, -0.05) is 35.6 Å². The summed E-state index contributed by atoms with van der Waals surface area (Å²) in [6.45, 7) is 0. The van der Waals surface area contributed by atoms with Gasteiger partial charge in [0.1, 0.15) is 11.0 Å². The van der Waals surface area contributed by atoms with Crippen molar-refractivity contribution >= 4 is 37.7 Å². The lowest BCUT2D eigenvalue weighted by Gasteiger charge is -1.80. The molecular formula is C13H11N5S.